The fourth-order valence-corrected chi connectivity index (χ4v) is 4.03. The number of rotatable bonds is 9. The summed E-state index contributed by atoms with van der Waals surface area (Å²) in [7, 11) is 0. The average Bonchev–Trinajstić information content (AvgIpc) is 3.05. The van der Waals surface area contributed by atoms with Crippen LogP contribution in [0.5, 0.6) is 0 Å². The second kappa shape index (κ2) is 10.8. The second-order valence-corrected chi connectivity index (χ2v) is 9.92. The molecule has 0 fully saturated rings. The molecule has 0 aromatic heterocycles. The van der Waals surface area contributed by atoms with Gasteiger partial charge in [0.2, 0.25) is 0 Å². The van der Waals surface area contributed by atoms with Crippen LogP contribution >= 0.6 is 0 Å². The Kier molecular flexibility index (Phi) is 8.11. The highest BCUT2D eigenvalue weighted by Gasteiger charge is 2.42. The van der Waals surface area contributed by atoms with Crippen molar-refractivity contribution in [2.75, 3.05) is 13.2 Å². The first-order valence-corrected chi connectivity index (χ1v) is 11.8. The van der Waals surface area contributed by atoms with Crippen molar-refractivity contribution in [2.45, 2.75) is 58.6 Å². The Bertz CT molecular complexity index is 1060. The zero-order valence-corrected chi connectivity index (χ0v) is 20.7. The number of nitrogens with zero attached hydrogens (tertiary/aromatic N) is 1. The van der Waals surface area contributed by atoms with E-state index in [-0.39, 0.29) is 22.9 Å². The van der Waals surface area contributed by atoms with E-state index in [1.165, 1.54) is 6.08 Å². The number of ketones is 1. The third-order valence-corrected chi connectivity index (χ3v) is 5.88. The number of aliphatic hydroxyl groups excluding tert-OH is 1. The summed E-state index contributed by atoms with van der Waals surface area (Å²) < 4.78 is 5.63. The predicted molar refractivity (Wildman–Crippen MR) is 135 cm³/mol. The number of allylic oxidation sites excluding steroid dienone is 1. The topological polar surface area (TPSA) is 66.8 Å². The Morgan fingerprint density at radius 3 is 2.32 bits per heavy atom. The van der Waals surface area contributed by atoms with Gasteiger partial charge in [-0.3, -0.25) is 9.59 Å². The van der Waals surface area contributed by atoms with Crippen molar-refractivity contribution in [3.63, 3.8) is 0 Å². The van der Waals surface area contributed by atoms with Crippen molar-refractivity contribution in [1.29, 1.82) is 0 Å². The van der Waals surface area contributed by atoms with Gasteiger partial charge in [0, 0.05) is 13.2 Å². The van der Waals surface area contributed by atoms with E-state index < -0.39 is 17.7 Å². The van der Waals surface area contributed by atoms with Gasteiger partial charge in [0.1, 0.15) is 0 Å². The summed E-state index contributed by atoms with van der Waals surface area (Å²) in [6.45, 7) is 11.2. The van der Waals surface area contributed by atoms with E-state index >= 15 is 0 Å². The maximum Gasteiger partial charge on any atom is 0.290 e. The normalized spacial score (nSPS) is 16.8. The summed E-state index contributed by atoms with van der Waals surface area (Å²) in [5.74, 6) is -1.37. The van der Waals surface area contributed by atoms with Crippen molar-refractivity contribution in [3.8, 4) is 0 Å². The molecule has 0 spiro atoms. The SMILES string of the molecule is CC(C)OCCCN1C(=O)C(O)=C(C(=O)/C=C/c2ccccc2)[C@H]1c1ccc(C(C)(C)C)cc1. The van der Waals surface area contributed by atoms with Crippen molar-refractivity contribution in [2.24, 2.45) is 0 Å². The lowest BCUT2D eigenvalue weighted by Gasteiger charge is -2.27. The van der Waals surface area contributed by atoms with E-state index in [2.05, 4.69) is 20.8 Å². The molecule has 1 amide bonds. The molecule has 0 saturated carbocycles. The van der Waals surface area contributed by atoms with E-state index in [9.17, 15) is 14.7 Å². The highest BCUT2D eigenvalue weighted by Crippen LogP contribution is 2.38. The molecular formula is C29H35NO4. The monoisotopic (exact) mass is 461 g/mol. The maximum absolute atomic E-state index is 13.2. The Morgan fingerprint density at radius 1 is 1.09 bits per heavy atom. The van der Waals surface area contributed by atoms with Crippen molar-refractivity contribution in [3.05, 3.63) is 88.7 Å². The van der Waals surface area contributed by atoms with E-state index in [0.29, 0.717) is 19.6 Å². The third-order valence-electron chi connectivity index (χ3n) is 5.88. The summed E-state index contributed by atoms with van der Waals surface area (Å²) in [6.07, 6.45) is 3.83. The highest BCUT2D eigenvalue weighted by atomic mass is 16.5. The zero-order chi connectivity index (χ0) is 24.9. The molecule has 3 rings (SSSR count). The lowest BCUT2D eigenvalue weighted by atomic mass is 9.85. The molecule has 5 heteroatoms. The van der Waals surface area contributed by atoms with Crippen LogP contribution in [0.3, 0.4) is 0 Å². The minimum Gasteiger partial charge on any atom is -0.503 e. The fourth-order valence-electron chi connectivity index (χ4n) is 4.03. The Labute approximate surface area is 202 Å². The van der Waals surface area contributed by atoms with Gasteiger partial charge in [0.05, 0.1) is 17.7 Å². The minimum absolute atomic E-state index is 0.0209. The molecule has 1 N–H and O–H groups in total. The molecule has 0 unspecified atom stereocenters. The van der Waals surface area contributed by atoms with Crippen molar-refractivity contribution in [1.82, 2.24) is 4.90 Å². The molecule has 5 nitrogen and oxygen atoms in total. The van der Waals surface area contributed by atoms with Crippen LogP contribution in [0, 0.1) is 0 Å². The summed E-state index contributed by atoms with van der Waals surface area (Å²) >= 11 is 0. The summed E-state index contributed by atoms with van der Waals surface area (Å²) in [6, 6.07) is 16.8. The second-order valence-electron chi connectivity index (χ2n) is 9.92. The minimum atomic E-state index is -0.645. The molecule has 0 bridgehead atoms. The van der Waals surface area contributed by atoms with Gasteiger partial charge < -0.3 is 14.7 Å². The Balaban J connectivity index is 1.93. The number of ether oxygens (including phenoxy) is 1. The number of amides is 1. The lowest BCUT2D eigenvalue weighted by molar-refractivity contribution is -0.129. The smallest absolute Gasteiger partial charge is 0.290 e. The van der Waals surface area contributed by atoms with Gasteiger partial charge in [-0.05, 0) is 48.4 Å². The predicted octanol–water partition coefficient (Wildman–Crippen LogP) is 5.78. The quantitative estimate of drug-likeness (QED) is 0.380. The molecule has 0 aliphatic carbocycles. The first-order chi connectivity index (χ1) is 16.1. The Hall–Kier alpha value is -3.18. The van der Waals surface area contributed by atoms with Crippen molar-refractivity contribution >= 4 is 17.8 Å². The van der Waals surface area contributed by atoms with Gasteiger partial charge in [0.25, 0.3) is 5.91 Å². The standard InChI is InChI=1S/C29H35NO4/c1-20(2)34-19-9-18-30-26(22-13-15-23(16-14-22)29(3,4)5)25(27(32)28(30)33)24(31)17-12-21-10-7-6-8-11-21/h6-8,10-17,20,26,32H,9,18-19H2,1-5H3/b17-12+/t26-/m1/s1. The van der Waals surface area contributed by atoms with Crippen LogP contribution in [0.15, 0.2) is 72.0 Å². The molecule has 2 aromatic carbocycles. The number of benzene rings is 2. The average molecular weight is 462 g/mol. The molecule has 0 radical (unpaired) electrons. The number of hydrogen-bond acceptors (Lipinski definition) is 4. The summed E-state index contributed by atoms with van der Waals surface area (Å²) in [5.41, 5.74) is 2.92. The van der Waals surface area contributed by atoms with E-state index in [1.54, 1.807) is 11.0 Å². The number of hydrogen-bond donors (Lipinski definition) is 1. The van der Waals surface area contributed by atoms with Gasteiger partial charge >= 0.3 is 0 Å². The molecule has 1 aliphatic rings. The van der Waals surface area contributed by atoms with E-state index in [1.807, 2.05) is 68.4 Å². The first-order valence-electron chi connectivity index (χ1n) is 11.8. The van der Waals surface area contributed by atoms with Gasteiger partial charge in [-0.15, -0.1) is 0 Å². The Morgan fingerprint density at radius 2 is 1.74 bits per heavy atom. The van der Waals surface area contributed by atoms with Crippen LogP contribution < -0.4 is 0 Å². The van der Waals surface area contributed by atoms with Crippen LogP contribution in [-0.2, 0) is 19.7 Å². The largest absolute Gasteiger partial charge is 0.503 e. The molecule has 1 aliphatic heterocycles. The molecular weight excluding hydrogens is 426 g/mol. The molecule has 34 heavy (non-hydrogen) atoms. The van der Waals surface area contributed by atoms with E-state index in [0.717, 1.165) is 16.7 Å². The molecule has 2 aromatic rings. The first kappa shape index (κ1) is 25.4. The van der Waals surface area contributed by atoms with Gasteiger partial charge in [-0.25, -0.2) is 0 Å². The number of carbonyl (C=O) groups excluding carboxylic acids is 2. The number of aliphatic hydroxyl groups is 1. The summed E-state index contributed by atoms with van der Waals surface area (Å²) in [5, 5.41) is 10.8. The zero-order valence-electron chi connectivity index (χ0n) is 20.7. The van der Waals surface area contributed by atoms with Crippen LogP contribution in [0.25, 0.3) is 6.08 Å². The van der Waals surface area contributed by atoms with Gasteiger partial charge in [-0.1, -0.05) is 81.4 Å². The summed E-state index contributed by atoms with van der Waals surface area (Å²) in [4.78, 5) is 27.9. The van der Waals surface area contributed by atoms with Crippen LogP contribution in [0.2, 0.25) is 0 Å². The van der Waals surface area contributed by atoms with Gasteiger partial charge in [0.15, 0.2) is 11.5 Å². The lowest BCUT2D eigenvalue weighted by Crippen LogP contribution is -2.32. The maximum atomic E-state index is 13.2. The molecule has 1 atom stereocenters. The third kappa shape index (κ3) is 6.03. The molecule has 0 saturated heterocycles. The number of carbonyl (C=O) groups is 2. The van der Waals surface area contributed by atoms with Crippen LogP contribution in [-0.4, -0.2) is 41.0 Å². The van der Waals surface area contributed by atoms with Crippen LogP contribution in [0.1, 0.15) is 63.8 Å². The molecule has 1 heterocycles. The van der Waals surface area contributed by atoms with Gasteiger partial charge in [-0.2, -0.15) is 0 Å². The highest BCUT2D eigenvalue weighted by molar-refractivity contribution is 6.14. The van der Waals surface area contributed by atoms with Crippen LogP contribution in [0.4, 0.5) is 0 Å². The molecule has 180 valence electrons. The fraction of sp³-hybridized carbons (Fsp3) is 0.379. The van der Waals surface area contributed by atoms with Crippen molar-refractivity contribution < 1.29 is 19.4 Å². The van der Waals surface area contributed by atoms with E-state index in [4.69, 9.17) is 4.74 Å².